The van der Waals surface area contributed by atoms with Crippen LogP contribution in [0.1, 0.15) is 345 Å². The molecule has 22 nitrogen and oxygen atoms in total. The summed E-state index contributed by atoms with van der Waals surface area (Å²) < 4.78 is 74.0. The number of benzene rings is 1. The number of ether oxygens (including phenoxy) is 4. The van der Waals surface area contributed by atoms with Crippen molar-refractivity contribution in [2.24, 2.45) is 0 Å². The van der Waals surface area contributed by atoms with Crippen molar-refractivity contribution in [1.29, 1.82) is 0 Å². The van der Waals surface area contributed by atoms with Gasteiger partial charge in [0.25, 0.3) is 11.8 Å². The summed E-state index contributed by atoms with van der Waals surface area (Å²) in [6.07, 6.45) is 45.2. The van der Waals surface area contributed by atoms with E-state index >= 15 is 0 Å². The highest BCUT2D eigenvalue weighted by molar-refractivity contribution is 7.53. The average molecular weight is 1570 g/mol. The molecule has 1 rings (SSSR count). The number of carbonyl (C=O) groups is 6. The molecule has 108 heavy (non-hydrogen) atoms. The van der Waals surface area contributed by atoms with Crippen LogP contribution in [0.25, 0.3) is 0 Å². The molecule has 0 heterocycles. The van der Waals surface area contributed by atoms with Crippen LogP contribution < -0.4 is 21.3 Å². The van der Waals surface area contributed by atoms with Crippen LogP contribution >= 0.6 is 15.2 Å². The van der Waals surface area contributed by atoms with Gasteiger partial charge in [-0.25, -0.2) is 0 Å². The summed E-state index contributed by atoms with van der Waals surface area (Å²) in [7, 11) is -7.52. The Morgan fingerprint density at radius 3 is 1.02 bits per heavy atom. The van der Waals surface area contributed by atoms with Gasteiger partial charge in [0, 0.05) is 63.6 Å². The summed E-state index contributed by atoms with van der Waals surface area (Å²) in [5, 5.41) is 32.6. The van der Waals surface area contributed by atoms with Crippen LogP contribution in [0.3, 0.4) is 0 Å². The Labute approximate surface area is 653 Å². The number of hydrogen-bond donors (Lipinski definition) is 6. The lowest BCUT2D eigenvalue weighted by Crippen LogP contribution is -2.43. The minimum Gasteiger partial charge on any atom is -0.462 e. The topological polar surface area (TPSA) is 299 Å². The zero-order chi connectivity index (χ0) is 79.4. The van der Waals surface area contributed by atoms with E-state index in [2.05, 4.69) is 87.1 Å². The molecule has 24 heteroatoms. The number of nitrogens with one attached hydrogen (secondary N) is 4. The summed E-state index contributed by atoms with van der Waals surface area (Å²) in [6.45, 7) is 15.1. The summed E-state index contributed by atoms with van der Waals surface area (Å²) in [5.41, 5.74) is 0.476. The Morgan fingerprint density at radius 1 is 0.380 bits per heavy atom. The van der Waals surface area contributed by atoms with Crippen molar-refractivity contribution < 1.29 is 85.2 Å². The molecule has 1 aromatic rings. The number of amides is 4. The van der Waals surface area contributed by atoms with Crippen LogP contribution in [0.4, 0.5) is 0 Å². The van der Waals surface area contributed by atoms with E-state index in [1.807, 2.05) is 0 Å². The van der Waals surface area contributed by atoms with Gasteiger partial charge in [-0.2, -0.15) is 0 Å². The zero-order valence-electron chi connectivity index (χ0n) is 68.6. The van der Waals surface area contributed by atoms with Crippen LogP contribution in [0.15, 0.2) is 48.6 Å². The number of aliphatic hydroxyl groups excluding tert-OH is 2. The zero-order valence-corrected chi connectivity index (χ0v) is 70.4. The molecule has 0 fully saturated rings. The average Bonchev–Trinajstić information content (AvgIpc) is 0.896. The Bertz CT molecular complexity index is 2410. The first-order chi connectivity index (χ1) is 52.2. The largest absolute Gasteiger partial charge is 0.462 e. The highest BCUT2D eigenvalue weighted by Crippen LogP contribution is 2.44. The second-order valence-electron chi connectivity index (χ2n) is 29.3. The van der Waals surface area contributed by atoms with Crippen molar-refractivity contribution in [3.8, 4) is 0 Å². The molecule has 0 aromatic heterocycles. The smallest absolute Gasteiger partial charge is 0.327 e. The Balaban J connectivity index is 2.94. The second-order valence-corrected chi connectivity index (χ2v) is 33.4. The van der Waals surface area contributed by atoms with Gasteiger partial charge in [-0.3, -0.25) is 37.9 Å². The molecule has 0 saturated heterocycles. The molecule has 0 radical (unpaired) electrons. The third-order valence-corrected chi connectivity index (χ3v) is 21.2. The molecule has 0 aliphatic rings. The van der Waals surface area contributed by atoms with Crippen molar-refractivity contribution in [2.45, 2.75) is 361 Å². The molecule has 0 aliphatic heterocycles. The Hall–Kier alpha value is -4.34. The van der Waals surface area contributed by atoms with E-state index in [0.717, 1.165) is 154 Å². The fraction of sp³-hybridized carbons (Fsp3) is 0.810. The summed E-state index contributed by atoms with van der Waals surface area (Å²) >= 11 is 0. The molecule has 0 spiro atoms. The predicted molar refractivity (Wildman–Crippen MR) is 435 cm³/mol. The van der Waals surface area contributed by atoms with Crippen LogP contribution in [-0.2, 0) is 65.4 Å². The maximum atomic E-state index is 13.8. The minimum atomic E-state index is -3.76. The maximum absolute atomic E-state index is 13.8. The van der Waals surface area contributed by atoms with Crippen molar-refractivity contribution in [3.63, 3.8) is 0 Å². The molecule has 6 unspecified atom stereocenters. The quantitative estimate of drug-likeness (QED) is 0.0153. The molecular formula is C84H152N4O18P2. The van der Waals surface area contributed by atoms with E-state index in [1.54, 1.807) is 0 Å². The van der Waals surface area contributed by atoms with Gasteiger partial charge in [-0.1, -0.05) is 220 Å². The number of hydrogen-bond acceptors (Lipinski definition) is 18. The first kappa shape index (κ1) is 102. The van der Waals surface area contributed by atoms with Crippen molar-refractivity contribution >= 4 is 50.8 Å². The van der Waals surface area contributed by atoms with E-state index in [9.17, 15) is 48.1 Å². The van der Waals surface area contributed by atoms with Crippen LogP contribution in [-0.4, -0.2) is 162 Å². The Kier molecular flexibility index (Phi) is 65.3. The molecule has 626 valence electrons. The van der Waals surface area contributed by atoms with E-state index < -0.39 is 63.5 Å². The maximum Gasteiger partial charge on any atom is 0.327 e. The minimum absolute atomic E-state index is 0.0100. The lowest BCUT2D eigenvalue weighted by Gasteiger charge is -2.23. The van der Waals surface area contributed by atoms with Gasteiger partial charge in [0.05, 0.1) is 76.8 Å². The first-order valence-corrected chi connectivity index (χ1v) is 46.4. The van der Waals surface area contributed by atoms with Crippen molar-refractivity contribution in [1.82, 2.24) is 21.3 Å². The molecule has 0 aliphatic carbocycles. The number of aliphatic hydroxyl groups is 2. The van der Waals surface area contributed by atoms with Gasteiger partial charge >= 0.3 is 27.1 Å². The van der Waals surface area contributed by atoms with Gasteiger partial charge in [-0.15, -0.1) is 0 Å². The summed E-state index contributed by atoms with van der Waals surface area (Å²) in [6, 6.07) is 4.35. The van der Waals surface area contributed by atoms with Crippen LogP contribution in [0, 0.1) is 0 Å². The van der Waals surface area contributed by atoms with Crippen molar-refractivity contribution in [2.75, 3.05) is 79.3 Å². The lowest BCUT2D eigenvalue weighted by molar-refractivity contribution is -0.152. The van der Waals surface area contributed by atoms with Crippen LogP contribution in [0.5, 0.6) is 0 Å². The van der Waals surface area contributed by atoms with E-state index in [0.29, 0.717) is 51.4 Å². The number of carbonyl (C=O) groups excluding carboxylic acids is 6. The molecule has 6 N–H and O–H groups in total. The fourth-order valence-corrected chi connectivity index (χ4v) is 14.0. The Morgan fingerprint density at radius 2 is 0.685 bits per heavy atom. The molecule has 0 bridgehead atoms. The van der Waals surface area contributed by atoms with Gasteiger partial charge in [-0.05, 0) is 127 Å². The fourth-order valence-electron chi connectivity index (χ4n) is 12.1. The van der Waals surface area contributed by atoms with E-state index in [-0.39, 0.29) is 127 Å². The first-order valence-electron chi connectivity index (χ1n) is 42.4. The standard InChI is InChI=1S/C84H152N4O18P2/c1-9-15-21-27-29-31-33-39-45-51-81(93)105-77(49-43-37-25-19-13-5)65-79(91)87-73(67-99-61-57-75(89)47-41-35-23-17-11-3)69-103-107(7,97)101-63-59-85-83(95)71-53-55-72(56-54-71)84(96)86-60-64-102-108(8,98)104-70-74(68-100-62-58-76(90)48-42-36-24-18-12-4)88-80(92)66-78(50-44-38-26-20-14-6)106-82(94)52-46-40-34-32-30-28-22-16-10-2/h31-34,53-56,73-78,89-90H,9-30,35-52,57-70H2,1-8H3,(H,85,95)(H,86,96)(H,87,91)(H,88,92)/b33-31-,34-32-/t73?,74?,75?,76?,77-,78-,107?,108?/m1/s1. The molecule has 0 saturated carbocycles. The van der Waals surface area contributed by atoms with Gasteiger partial charge in [0.15, 0.2) is 0 Å². The van der Waals surface area contributed by atoms with E-state index in [1.165, 1.54) is 89.0 Å². The normalized spacial score (nSPS) is 14.5. The molecule has 4 amide bonds. The number of allylic oxidation sites excluding steroid dienone is 4. The highest BCUT2D eigenvalue weighted by atomic mass is 31.2. The second kappa shape index (κ2) is 69.4. The molecular weight excluding hydrogens is 1410 g/mol. The lowest BCUT2D eigenvalue weighted by atomic mass is 10.1. The number of esters is 2. The van der Waals surface area contributed by atoms with Crippen molar-refractivity contribution in [3.05, 3.63) is 59.7 Å². The molecule has 1 aromatic carbocycles. The number of rotatable bonds is 76. The monoisotopic (exact) mass is 1570 g/mol. The van der Waals surface area contributed by atoms with Gasteiger partial charge in [0.1, 0.15) is 12.2 Å². The number of unbranched alkanes of at least 4 members (excludes halogenated alkanes) is 26. The summed E-state index contributed by atoms with van der Waals surface area (Å²) in [5.74, 6) is -2.41. The third-order valence-electron chi connectivity index (χ3n) is 18.7. The molecule has 8 atom stereocenters. The third kappa shape index (κ3) is 61.3. The van der Waals surface area contributed by atoms with Gasteiger partial charge in [0.2, 0.25) is 11.8 Å². The van der Waals surface area contributed by atoms with Gasteiger partial charge < -0.3 is 68.5 Å². The SMILES string of the molecule is CCCCCC/C=C\CCCC(=O)O[C@H](CCCCCCC)CC(=O)NC(COCCC(O)CCCCCCC)COP(C)(=O)OCCNC(=O)c1ccc(C(=O)NCCOP(C)(=O)OCC(COCCC(O)CCCCCCC)NC(=O)C[C@@H](CCCCCCC)OC(=O)CCC/C=C\CCCCCC)cc1. The highest BCUT2D eigenvalue weighted by Gasteiger charge is 2.27. The summed E-state index contributed by atoms with van der Waals surface area (Å²) in [4.78, 5) is 80.1. The van der Waals surface area contributed by atoms with E-state index in [4.69, 9.17) is 37.0 Å². The predicted octanol–water partition coefficient (Wildman–Crippen LogP) is 18.8. The van der Waals surface area contributed by atoms with Crippen LogP contribution in [0.2, 0.25) is 0 Å².